The minimum absolute atomic E-state index is 0.265. The van der Waals surface area contributed by atoms with Gasteiger partial charge in [-0.15, -0.1) is 0 Å². The SMILES string of the molecule is CC(C)(C)OC(=O)NC1CCC(NCC2CCCCN2)CC1. The predicted octanol–water partition coefficient (Wildman–Crippen LogP) is 2.55. The first-order valence-electron chi connectivity index (χ1n) is 8.88. The third-order valence-electron chi connectivity index (χ3n) is 4.51. The van der Waals surface area contributed by atoms with Crippen LogP contribution in [0.2, 0.25) is 0 Å². The summed E-state index contributed by atoms with van der Waals surface area (Å²) in [7, 11) is 0. The number of piperidine rings is 1. The van der Waals surface area contributed by atoms with Gasteiger partial charge in [-0.25, -0.2) is 4.79 Å². The van der Waals surface area contributed by atoms with Crippen LogP contribution in [0.3, 0.4) is 0 Å². The zero-order valence-electron chi connectivity index (χ0n) is 14.4. The summed E-state index contributed by atoms with van der Waals surface area (Å²) >= 11 is 0. The van der Waals surface area contributed by atoms with Crippen molar-refractivity contribution in [3.63, 3.8) is 0 Å². The van der Waals surface area contributed by atoms with E-state index >= 15 is 0 Å². The number of nitrogens with one attached hydrogen (secondary N) is 3. The number of carbonyl (C=O) groups is 1. The highest BCUT2D eigenvalue weighted by Gasteiger charge is 2.25. The number of hydrogen-bond acceptors (Lipinski definition) is 4. The van der Waals surface area contributed by atoms with Crippen LogP contribution in [-0.2, 0) is 4.74 Å². The van der Waals surface area contributed by atoms with Crippen molar-refractivity contribution >= 4 is 6.09 Å². The maximum Gasteiger partial charge on any atom is 0.407 e. The Morgan fingerprint density at radius 1 is 1.09 bits per heavy atom. The molecule has 5 heteroatoms. The smallest absolute Gasteiger partial charge is 0.407 e. The zero-order valence-corrected chi connectivity index (χ0v) is 14.4. The molecule has 2 fully saturated rings. The highest BCUT2D eigenvalue weighted by Crippen LogP contribution is 2.19. The lowest BCUT2D eigenvalue weighted by Gasteiger charge is -2.32. The van der Waals surface area contributed by atoms with Crippen molar-refractivity contribution in [2.24, 2.45) is 0 Å². The lowest BCUT2D eigenvalue weighted by Crippen LogP contribution is -2.47. The van der Waals surface area contributed by atoms with E-state index in [1.54, 1.807) is 0 Å². The summed E-state index contributed by atoms with van der Waals surface area (Å²) in [6, 6.07) is 1.51. The average molecular weight is 311 g/mol. The molecule has 2 aliphatic rings. The highest BCUT2D eigenvalue weighted by atomic mass is 16.6. The van der Waals surface area contributed by atoms with Gasteiger partial charge in [-0.2, -0.15) is 0 Å². The molecule has 1 saturated heterocycles. The maximum atomic E-state index is 11.8. The van der Waals surface area contributed by atoms with Gasteiger partial charge in [0.25, 0.3) is 0 Å². The number of ether oxygens (including phenoxy) is 1. The normalized spacial score (nSPS) is 29.9. The second-order valence-electron chi connectivity index (χ2n) is 7.75. The quantitative estimate of drug-likeness (QED) is 0.747. The maximum absolute atomic E-state index is 11.8. The third kappa shape index (κ3) is 6.53. The second-order valence-corrected chi connectivity index (χ2v) is 7.75. The topological polar surface area (TPSA) is 62.4 Å². The fourth-order valence-corrected chi connectivity index (χ4v) is 3.32. The summed E-state index contributed by atoms with van der Waals surface area (Å²) in [5.41, 5.74) is -0.421. The largest absolute Gasteiger partial charge is 0.444 e. The van der Waals surface area contributed by atoms with E-state index in [0.717, 1.165) is 32.2 Å². The van der Waals surface area contributed by atoms with Crippen LogP contribution in [0.15, 0.2) is 0 Å². The highest BCUT2D eigenvalue weighted by molar-refractivity contribution is 5.68. The molecule has 0 bridgehead atoms. The van der Waals surface area contributed by atoms with Gasteiger partial charge < -0.3 is 20.7 Å². The van der Waals surface area contributed by atoms with Crippen molar-refractivity contribution in [2.75, 3.05) is 13.1 Å². The molecule has 22 heavy (non-hydrogen) atoms. The van der Waals surface area contributed by atoms with Gasteiger partial charge in [0.15, 0.2) is 0 Å². The predicted molar refractivity (Wildman–Crippen MR) is 89.1 cm³/mol. The van der Waals surface area contributed by atoms with E-state index in [9.17, 15) is 4.79 Å². The van der Waals surface area contributed by atoms with E-state index in [4.69, 9.17) is 4.74 Å². The fourth-order valence-electron chi connectivity index (χ4n) is 3.32. The first-order valence-corrected chi connectivity index (χ1v) is 8.88. The van der Waals surface area contributed by atoms with Gasteiger partial charge in [0.1, 0.15) is 5.60 Å². The fraction of sp³-hybridized carbons (Fsp3) is 0.941. The van der Waals surface area contributed by atoms with Crippen molar-refractivity contribution in [3.8, 4) is 0 Å². The van der Waals surface area contributed by atoms with Crippen molar-refractivity contribution in [3.05, 3.63) is 0 Å². The summed E-state index contributed by atoms with van der Waals surface area (Å²) < 4.78 is 5.32. The van der Waals surface area contributed by atoms with Crippen LogP contribution in [-0.4, -0.2) is 42.9 Å². The van der Waals surface area contributed by atoms with Gasteiger partial charge in [-0.1, -0.05) is 6.42 Å². The molecule has 0 aromatic rings. The Kier molecular flexibility index (Phi) is 6.50. The number of alkyl carbamates (subject to hydrolysis) is 1. The van der Waals surface area contributed by atoms with Gasteiger partial charge in [0.05, 0.1) is 0 Å². The number of hydrogen-bond donors (Lipinski definition) is 3. The average Bonchev–Trinajstić information content (AvgIpc) is 2.45. The molecule has 0 radical (unpaired) electrons. The first-order chi connectivity index (χ1) is 10.4. The molecule has 1 aliphatic heterocycles. The molecule has 1 heterocycles. The van der Waals surface area contributed by atoms with E-state index < -0.39 is 5.60 Å². The molecule has 0 spiro atoms. The van der Waals surface area contributed by atoms with E-state index in [-0.39, 0.29) is 12.1 Å². The molecule has 1 amide bonds. The molecular weight excluding hydrogens is 278 g/mol. The molecule has 0 aromatic carbocycles. The van der Waals surface area contributed by atoms with Gasteiger partial charge in [-0.05, 0) is 65.8 Å². The molecule has 1 atom stereocenters. The third-order valence-corrected chi connectivity index (χ3v) is 4.51. The number of amides is 1. The van der Waals surface area contributed by atoms with Crippen molar-refractivity contribution in [1.82, 2.24) is 16.0 Å². The Labute approximate surface area is 134 Å². The van der Waals surface area contributed by atoms with Crippen LogP contribution in [0, 0.1) is 0 Å². The van der Waals surface area contributed by atoms with Gasteiger partial charge >= 0.3 is 6.09 Å². The molecule has 1 saturated carbocycles. The summed E-state index contributed by atoms with van der Waals surface area (Å²) in [6.45, 7) is 7.93. The summed E-state index contributed by atoms with van der Waals surface area (Å²) in [6.07, 6.45) is 8.02. The minimum atomic E-state index is -0.421. The lowest BCUT2D eigenvalue weighted by atomic mass is 9.91. The second kappa shape index (κ2) is 8.16. The molecule has 5 nitrogen and oxygen atoms in total. The zero-order chi connectivity index (χ0) is 16.0. The van der Waals surface area contributed by atoms with Crippen LogP contribution in [0.1, 0.15) is 65.7 Å². The lowest BCUT2D eigenvalue weighted by molar-refractivity contribution is 0.0489. The standard InChI is InChI=1S/C17H33N3O2/c1-17(2,3)22-16(21)20-14-9-7-13(8-10-14)19-12-15-6-4-5-11-18-15/h13-15,18-19H,4-12H2,1-3H3,(H,20,21). The van der Waals surface area contributed by atoms with Crippen molar-refractivity contribution in [2.45, 2.75) is 89.4 Å². The van der Waals surface area contributed by atoms with E-state index in [0.29, 0.717) is 12.1 Å². The van der Waals surface area contributed by atoms with Crippen LogP contribution in [0.5, 0.6) is 0 Å². The monoisotopic (exact) mass is 311 g/mol. The molecule has 128 valence electrons. The van der Waals surface area contributed by atoms with Gasteiger partial charge in [-0.3, -0.25) is 0 Å². The molecule has 1 unspecified atom stereocenters. The molecule has 1 aliphatic carbocycles. The van der Waals surface area contributed by atoms with E-state index in [2.05, 4.69) is 16.0 Å². The Balaban J connectivity index is 1.60. The van der Waals surface area contributed by atoms with E-state index in [1.807, 2.05) is 20.8 Å². The van der Waals surface area contributed by atoms with Gasteiger partial charge in [0, 0.05) is 24.7 Å². The van der Waals surface area contributed by atoms with Gasteiger partial charge in [0.2, 0.25) is 0 Å². The molecule has 3 N–H and O–H groups in total. The Hall–Kier alpha value is -0.810. The van der Waals surface area contributed by atoms with Crippen molar-refractivity contribution in [1.29, 1.82) is 0 Å². The van der Waals surface area contributed by atoms with Crippen LogP contribution in [0.25, 0.3) is 0 Å². The summed E-state index contributed by atoms with van der Waals surface area (Å²) in [5, 5.41) is 10.3. The number of carbonyl (C=O) groups excluding carboxylic acids is 1. The molecule has 2 rings (SSSR count). The van der Waals surface area contributed by atoms with Crippen LogP contribution in [0.4, 0.5) is 4.79 Å². The summed E-state index contributed by atoms with van der Waals surface area (Å²) in [5.74, 6) is 0. The molecule has 0 aromatic heterocycles. The first kappa shape index (κ1) is 17.5. The number of rotatable bonds is 4. The van der Waals surface area contributed by atoms with Crippen LogP contribution < -0.4 is 16.0 Å². The minimum Gasteiger partial charge on any atom is -0.444 e. The summed E-state index contributed by atoms with van der Waals surface area (Å²) in [4.78, 5) is 11.8. The Morgan fingerprint density at radius 2 is 1.77 bits per heavy atom. The Bertz CT molecular complexity index is 340. The van der Waals surface area contributed by atoms with E-state index in [1.165, 1.54) is 25.8 Å². The molecular formula is C17H33N3O2. The van der Waals surface area contributed by atoms with Crippen molar-refractivity contribution < 1.29 is 9.53 Å². The van der Waals surface area contributed by atoms with Crippen LogP contribution >= 0.6 is 0 Å². The Morgan fingerprint density at radius 3 is 2.36 bits per heavy atom.